The Morgan fingerprint density at radius 3 is 2.78 bits per heavy atom. The Balaban J connectivity index is 2.07. The van der Waals surface area contributed by atoms with Crippen molar-refractivity contribution in [2.24, 2.45) is 11.5 Å². The highest BCUT2D eigenvalue weighted by Gasteiger charge is 2.16. The van der Waals surface area contributed by atoms with Crippen molar-refractivity contribution >= 4 is 17.2 Å². The molecule has 140 valence electrons. The average molecular weight is 368 g/mol. The van der Waals surface area contributed by atoms with E-state index in [0.717, 1.165) is 11.1 Å². The number of imidazole rings is 1. The van der Waals surface area contributed by atoms with Crippen molar-refractivity contribution in [3.63, 3.8) is 0 Å². The zero-order chi connectivity index (χ0) is 19.6. The van der Waals surface area contributed by atoms with Gasteiger partial charge in [-0.05, 0) is 55.4 Å². The molecule has 0 aliphatic rings. The number of nitrogens with zero attached hydrogens (tertiary/aromatic N) is 2. The van der Waals surface area contributed by atoms with Gasteiger partial charge in [0, 0.05) is 17.8 Å². The van der Waals surface area contributed by atoms with E-state index in [1.807, 2.05) is 29.7 Å². The monoisotopic (exact) mass is 368 g/mol. The number of carbonyl (C=O) groups excluding carboxylic acids is 1. The summed E-state index contributed by atoms with van der Waals surface area (Å²) < 4.78 is 21.1. The second-order valence-electron chi connectivity index (χ2n) is 6.12. The van der Waals surface area contributed by atoms with E-state index in [-0.39, 0.29) is 18.2 Å². The van der Waals surface area contributed by atoms with Crippen LogP contribution in [0.4, 0.5) is 4.39 Å². The van der Waals surface area contributed by atoms with E-state index in [2.05, 4.69) is 4.98 Å². The Hall–Kier alpha value is -3.19. The summed E-state index contributed by atoms with van der Waals surface area (Å²) in [5.74, 6) is -1.33. The van der Waals surface area contributed by atoms with Gasteiger partial charge in [-0.25, -0.2) is 14.2 Å². The molecule has 2 heterocycles. The number of fused-ring (bicyclic) bond motifs is 1. The fraction of sp³-hybridized carbons (Fsp3) is 0.200. The lowest BCUT2D eigenvalue weighted by Gasteiger charge is -2.12. The van der Waals surface area contributed by atoms with E-state index in [1.54, 1.807) is 19.2 Å². The van der Waals surface area contributed by atoms with E-state index >= 15 is 0 Å². The van der Waals surface area contributed by atoms with E-state index in [4.69, 9.17) is 16.2 Å². The molecule has 1 aromatic carbocycles. The first-order valence-corrected chi connectivity index (χ1v) is 8.58. The van der Waals surface area contributed by atoms with E-state index in [0.29, 0.717) is 16.9 Å². The molecular weight excluding hydrogens is 347 g/mol. The Labute approximate surface area is 156 Å². The summed E-state index contributed by atoms with van der Waals surface area (Å²) in [6.45, 7) is 3.71. The summed E-state index contributed by atoms with van der Waals surface area (Å²) >= 11 is 0. The molecule has 1 atom stereocenters. The Morgan fingerprint density at radius 1 is 1.37 bits per heavy atom. The zero-order valence-corrected chi connectivity index (χ0v) is 15.1. The van der Waals surface area contributed by atoms with Crippen LogP contribution >= 0.6 is 0 Å². The van der Waals surface area contributed by atoms with Gasteiger partial charge >= 0.3 is 5.97 Å². The van der Waals surface area contributed by atoms with Crippen molar-refractivity contribution in [1.82, 2.24) is 9.38 Å². The maximum Gasteiger partial charge on any atom is 0.341 e. The number of hydrogen-bond acceptors (Lipinski definition) is 5. The van der Waals surface area contributed by atoms with Gasteiger partial charge in [0.15, 0.2) is 0 Å². The van der Waals surface area contributed by atoms with Crippen molar-refractivity contribution in [2.75, 3.05) is 6.61 Å². The number of benzene rings is 1. The number of carbonyl (C=O) groups is 1. The van der Waals surface area contributed by atoms with Gasteiger partial charge in [0.1, 0.15) is 11.5 Å². The second-order valence-corrected chi connectivity index (χ2v) is 6.12. The third-order valence-electron chi connectivity index (χ3n) is 4.27. The first kappa shape index (κ1) is 18.6. The van der Waals surface area contributed by atoms with Gasteiger partial charge in [-0.1, -0.05) is 6.07 Å². The van der Waals surface area contributed by atoms with Crippen LogP contribution in [-0.4, -0.2) is 28.0 Å². The fourth-order valence-electron chi connectivity index (χ4n) is 2.92. The molecule has 1 unspecified atom stereocenters. The number of esters is 1. The SMILES string of the molecule is CCOC(=O)c1ccc(-c2cnc3ccc(/C(=C/N)C(C)N)cn23)cc1F. The normalized spacial score (nSPS) is 13.0. The molecule has 7 heteroatoms. The van der Waals surface area contributed by atoms with E-state index in [9.17, 15) is 9.18 Å². The summed E-state index contributed by atoms with van der Waals surface area (Å²) in [6, 6.07) is 7.87. The topological polar surface area (TPSA) is 95.6 Å². The van der Waals surface area contributed by atoms with Crippen LogP contribution in [0.25, 0.3) is 22.5 Å². The maximum absolute atomic E-state index is 14.4. The lowest BCUT2D eigenvalue weighted by atomic mass is 10.0. The quantitative estimate of drug-likeness (QED) is 0.675. The van der Waals surface area contributed by atoms with Crippen LogP contribution < -0.4 is 11.5 Å². The number of aromatic nitrogens is 2. The Kier molecular flexibility index (Phi) is 5.23. The van der Waals surface area contributed by atoms with Crippen molar-refractivity contribution in [3.05, 3.63) is 65.9 Å². The first-order chi connectivity index (χ1) is 13.0. The minimum absolute atomic E-state index is 0.0968. The van der Waals surface area contributed by atoms with Gasteiger partial charge in [-0.2, -0.15) is 0 Å². The highest BCUT2D eigenvalue weighted by Crippen LogP contribution is 2.26. The minimum atomic E-state index is -0.684. The molecule has 4 N–H and O–H groups in total. The lowest BCUT2D eigenvalue weighted by molar-refractivity contribution is 0.0521. The second kappa shape index (κ2) is 7.59. The van der Waals surface area contributed by atoms with Crippen molar-refractivity contribution in [3.8, 4) is 11.3 Å². The van der Waals surface area contributed by atoms with E-state index in [1.165, 1.54) is 18.3 Å². The van der Waals surface area contributed by atoms with Crippen LogP contribution in [0.3, 0.4) is 0 Å². The molecule has 27 heavy (non-hydrogen) atoms. The lowest BCUT2D eigenvalue weighted by Crippen LogP contribution is -2.18. The molecule has 0 fully saturated rings. The van der Waals surface area contributed by atoms with Crippen LogP contribution in [0.1, 0.15) is 29.8 Å². The van der Waals surface area contributed by atoms with Gasteiger partial charge in [-0.3, -0.25) is 4.40 Å². The largest absolute Gasteiger partial charge is 0.462 e. The van der Waals surface area contributed by atoms with Crippen LogP contribution in [0.5, 0.6) is 0 Å². The molecule has 0 aliphatic carbocycles. The molecular formula is C20H21FN4O2. The first-order valence-electron chi connectivity index (χ1n) is 8.58. The summed E-state index contributed by atoms with van der Waals surface area (Å²) in [5, 5.41) is 0. The third-order valence-corrected chi connectivity index (χ3v) is 4.27. The number of nitrogens with two attached hydrogens (primary N) is 2. The Morgan fingerprint density at radius 2 is 2.15 bits per heavy atom. The summed E-state index contributed by atoms with van der Waals surface area (Å²) in [6.07, 6.45) is 4.99. The number of rotatable bonds is 5. The molecule has 0 saturated carbocycles. The van der Waals surface area contributed by atoms with Gasteiger partial charge < -0.3 is 16.2 Å². The fourth-order valence-corrected chi connectivity index (χ4v) is 2.92. The van der Waals surface area contributed by atoms with Crippen molar-refractivity contribution < 1.29 is 13.9 Å². The number of ether oxygens (including phenoxy) is 1. The van der Waals surface area contributed by atoms with Gasteiger partial charge in [-0.15, -0.1) is 0 Å². The molecule has 0 aliphatic heterocycles. The van der Waals surface area contributed by atoms with Crippen molar-refractivity contribution in [1.29, 1.82) is 0 Å². The molecule has 2 aromatic heterocycles. The highest BCUT2D eigenvalue weighted by molar-refractivity contribution is 5.90. The summed E-state index contributed by atoms with van der Waals surface area (Å²) in [4.78, 5) is 16.1. The molecule has 0 radical (unpaired) electrons. The van der Waals surface area contributed by atoms with Crippen LogP contribution in [0.2, 0.25) is 0 Å². The number of halogens is 1. The van der Waals surface area contributed by atoms with Crippen LogP contribution in [0, 0.1) is 5.82 Å². The predicted octanol–water partition coefficient (Wildman–Crippen LogP) is 2.96. The maximum atomic E-state index is 14.4. The van der Waals surface area contributed by atoms with E-state index < -0.39 is 11.8 Å². The smallest absolute Gasteiger partial charge is 0.341 e. The third kappa shape index (κ3) is 3.54. The van der Waals surface area contributed by atoms with Crippen LogP contribution in [0.15, 0.2) is 48.9 Å². The predicted molar refractivity (Wildman–Crippen MR) is 102 cm³/mol. The minimum Gasteiger partial charge on any atom is -0.462 e. The molecule has 0 saturated heterocycles. The number of hydrogen-bond donors (Lipinski definition) is 2. The molecule has 0 bridgehead atoms. The van der Waals surface area contributed by atoms with Crippen molar-refractivity contribution in [2.45, 2.75) is 19.9 Å². The summed E-state index contributed by atoms with van der Waals surface area (Å²) in [7, 11) is 0. The molecule has 0 amide bonds. The van der Waals surface area contributed by atoms with Crippen LogP contribution in [-0.2, 0) is 4.74 Å². The molecule has 0 spiro atoms. The van der Waals surface area contributed by atoms with Gasteiger partial charge in [0.2, 0.25) is 0 Å². The van der Waals surface area contributed by atoms with Gasteiger partial charge in [0.25, 0.3) is 0 Å². The number of pyridine rings is 1. The van der Waals surface area contributed by atoms with Gasteiger partial charge in [0.05, 0.1) is 24.1 Å². The zero-order valence-electron chi connectivity index (χ0n) is 15.1. The summed E-state index contributed by atoms with van der Waals surface area (Å²) in [5.41, 5.74) is 15.2. The highest BCUT2D eigenvalue weighted by atomic mass is 19.1. The molecule has 3 rings (SSSR count). The average Bonchev–Trinajstić information content (AvgIpc) is 3.05. The molecule has 6 nitrogen and oxygen atoms in total. The molecule has 3 aromatic rings. The Bertz CT molecular complexity index is 1020. The standard InChI is InChI=1S/C20H21FN4O2/c1-3-27-20(26)15-6-4-13(8-17(15)21)18-10-24-19-7-5-14(11-25(18)19)16(9-22)12(2)23/h4-12H,3,22-23H2,1-2H3/b16-9+.